The maximum atomic E-state index is 14.3. The highest BCUT2D eigenvalue weighted by atomic mass is 31.2. The lowest BCUT2D eigenvalue weighted by Gasteiger charge is -2.49. The summed E-state index contributed by atoms with van der Waals surface area (Å²) in [7, 11) is -5.68. The van der Waals surface area contributed by atoms with E-state index in [1.807, 2.05) is 0 Å². The third-order valence-corrected chi connectivity index (χ3v) is 18.9. The second-order valence-corrected chi connectivity index (χ2v) is 27.4. The number of rotatable bonds is 55. The van der Waals surface area contributed by atoms with Crippen LogP contribution in [0.4, 0.5) is 0 Å². The minimum Gasteiger partial charge on any atom is -0.463 e. The first-order chi connectivity index (χ1) is 44.3. The maximum Gasteiger partial charge on any atom is 0.472 e. The first-order valence-corrected chi connectivity index (χ1v) is 37.3. The molecule has 3 rings (SSSR count). The van der Waals surface area contributed by atoms with Gasteiger partial charge in [0, 0.05) is 19.3 Å². The van der Waals surface area contributed by atoms with Crippen molar-refractivity contribution in [2.75, 3.05) is 26.4 Å². The van der Waals surface area contributed by atoms with Crippen LogP contribution in [0.1, 0.15) is 278 Å². The molecule has 0 bridgehead atoms. The number of unbranched alkanes of at least 4 members (excludes halogenated alkanes) is 34. The van der Waals surface area contributed by atoms with Crippen LogP contribution in [0.15, 0.2) is 0 Å². The van der Waals surface area contributed by atoms with E-state index in [1.165, 1.54) is 122 Å². The van der Waals surface area contributed by atoms with Crippen molar-refractivity contribution in [3.63, 3.8) is 0 Å². The average molecular weight is 1350 g/mol. The predicted octanol–water partition coefficient (Wildman–Crippen LogP) is 8.62. The summed E-state index contributed by atoms with van der Waals surface area (Å²) < 4.78 is 64.8. The van der Waals surface area contributed by atoms with Gasteiger partial charge in [0.05, 0.1) is 13.2 Å². The fraction of sp³-hybridized carbons (Fsp3) is 0.955. The second kappa shape index (κ2) is 50.3. The van der Waals surface area contributed by atoms with Gasteiger partial charge in [-0.25, -0.2) is 4.57 Å². The van der Waals surface area contributed by atoms with E-state index in [0.717, 1.165) is 96.3 Å². The average Bonchev–Trinajstić information content (AvgIpc) is 0.766. The molecule has 3 aliphatic rings. The second-order valence-electron chi connectivity index (χ2n) is 26.0. The van der Waals surface area contributed by atoms with E-state index >= 15 is 0 Å². The zero-order valence-electron chi connectivity index (χ0n) is 56.1. The normalized spacial score (nSPS) is 28.6. The summed E-state index contributed by atoms with van der Waals surface area (Å²) in [6.45, 7) is 3.42. The van der Waals surface area contributed by atoms with Gasteiger partial charge in [0.15, 0.2) is 18.7 Å². The molecule has 1 saturated carbocycles. The zero-order valence-corrected chi connectivity index (χ0v) is 57.0. The van der Waals surface area contributed by atoms with E-state index in [4.69, 9.17) is 42.2 Å². The largest absolute Gasteiger partial charge is 0.472 e. The maximum absolute atomic E-state index is 14.3. The first-order valence-electron chi connectivity index (χ1n) is 35.8. The van der Waals surface area contributed by atoms with Crippen LogP contribution in [-0.2, 0) is 61.2 Å². The number of aliphatic hydroxyl groups excluding tert-OH is 10. The van der Waals surface area contributed by atoms with Gasteiger partial charge in [-0.3, -0.25) is 23.4 Å². The van der Waals surface area contributed by atoms with E-state index in [0.29, 0.717) is 19.3 Å². The van der Waals surface area contributed by atoms with Crippen LogP contribution < -0.4 is 0 Å². The van der Waals surface area contributed by atoms with Crippen molar-refractivity contribution in [3.05, 3.63) is 0 Å². The Balaban J connectivity index is 1.76. The van der Waals surface area contributed by atoms with E-state index in [2.05, 4.69) is 20.8 Å². The lowest BCUT2D eigenvalue weighted by Crippen LogP contribution is -2.69. The van der Waals surface area contributed by atoms with Gasteiger partial charge in [-0.1, -0.05) is 239 Å². The van der Waals surface area contributed by atoms with Crippen LogP contribution in [0.2, 0.25) is 0 Å². The molecule has 0 spiro atoms. The Hall–Kier alpha value is -2.04. The van der Waals surface area contributed by atoms with Crippen molar-refractivity contribution in [1.29, 1.82) is 0 Å². The van der Waals surface area contributed by atoms with Crippen molar-refractivity contribution in [1.82, 2.24) is 0 Å². The number of aliphatic hydroxyl groups is 10. The number of phosphoric acid groups is 1. The monoisotopic (exact) mass is 1340 g/mol. The molecule has 92 heavy (non-hydrogen) atoms. The number of esters is 3. The number of carbonyl (C=O) groups excluding carboxylic acids is 3. The van der Waals surface area contributed by atoms with E-state index < -0.39 is 156 Å². The molecule has 0 aromatic carbocycles. The standard InChI is InChI=1S/C67H125O24P/c1-4-7-10-13-16-19-22-23-24-25-28-31-34-37-40-43-53(71)86-48(45-83-51(69)41-38-35-32-29-26-20-17-14-11-8-5-2)46-85-92(81,82)91-65-63(89-66-61(79)56(74)54(72)49(44-68)87-66)59(77)58(76)60(78)64(65)90-67-62(80)57(75)55(73)50(88-67)47-84-52(70)42-39-36-33-30-27-21-18-15-12-9-6-3/h48-50,54-68,72-80H,4-47H2,1-3H3,(H,81,82). The molecule has 3 fully saturated rings. The highest BCUT2D eigenvalue weighted by Crippen LogP contribution is 2.49. The Morgan fingerprint density at radius 3 is 1.07 bits per heavy atom. The van der Waals surface area contributed by atoms with Crippen LogP contribution in [0.5, 0.6) is 0 Å². The van der Waals surface area contributed by atoms with Gasteiger partial charge in [-0.15, -0.1) is 0 Å². The Morgan fingerprint density at radius 2 is 0.696 bits per heavy atom. The highest BCUT2D eigenvalue weighted by Gasteiger charge is 2.58. The molecule has 2 saturated heterocycles. The lowest BCUT2D eigenvalue weighted by atomic mass is 9.84. The summed E-state index contributed by atoms with van der Waals surface area (Å²) in [5.74, 6) is -1.98. The van der Waals surface area contributed by atoms with Gasteiger partial charge < -0.3 is 89.1 Å². The van der Waals surface area contributed by atoms with Crippen molar-refractivity contribution >= 4 is 25.7 Å². The minimum atomic E-state index is -5.68. The van der Waals surface area contributed by atoms with E-state index in [9.17, 15) is 74.9 Å². The van der Waals surface area contributed by atoms with Gasteiger partial charge in [0.25, 0.3) is 0 Å². The highest BCUT2D eigenvalue weighted by molar-refractivity contribution is 7.47. The van der Waals surface area contributed by atoms with Crippen molar-refractivity contribution in [2.24, 2.45) is 0 Å². The number of hydrogen-bond acceptors (Lipinski definition) is 23. The molecular weight excluding hydrogens is 1220 g/mol. The molecule has 2 aliphatic heterocycles. The Morgan fingerprint density at radius 1 is 0.380 bits per heavy atom. The quantitative estimate of drug-likeness (QED) is 0.0117. The smallest absolute Gasteiger partial charge is 0.463 e. The fourth-order valence-electron chi connectivity index (χ4n) is 12.0. The van der Waals surface area contributed by atoms with Gasteiger partial charge in [0.1, 0.15) is 98.7 Å². The van der Waals surface area contributed by atoms with Gasteiger partial charge in [-0.2, -0.15) is 0 Å². The van der Waals surface area contributed by atoms with Crippen LogP contribution in [0.25, 0.3) is 0 Å². The Bertz CT molecular complexity index is 1920. The molecule has 18 atom stereocenters. The minimum absolute atomic E-state index is 0.0327. The topological polar surface area (TPSA) is 374 Å². The van der Waals surface area contributed by atoms with E-state index in [1.54, 1.807) is 0 Å². The summed E-state index contributed by atoms with van der Waals surface area (Å²) in [6, 6.07) is 0. The summed E-state index contributed by atoms with van der Waals surface area (Å²) in [6.07, 6.45) is 4.90. The first kappa shape index (κ1) is 84.2. The number of carbonyl (C=O) groups is 3. The van der Waals surface area contributed by atoms with E-state index in [-0.39, 0.29) is 19.3 Å². The Labute approximate surface area is 549 Å². The molecule has 0 radical (unpaired) electrons. The Kier molecular flexibility index (Phi) is 46.0. The van der Waals surface area contributed by atoms with Gasteiger partial charge >= 0.3 is 25.7 Å². The summed E-state index contributed by atoms with van der Waals surface area (Å²) >= 11 is 0. The van der Waals surface area contributed by atoms with Crippen molar-refractivity contribution in [2.45, 2.75) is 382 Å². The van der Waals surface area contributed by atoms with Crippen LogP contribution in [0.3, 0.4) is 0 Å². The number of ether oxygens (including phenoxy) is 7. The van der Waals surface area contributed by atoms with Crippen molar-refractivity contribution in [3.8, 4) is 0 Å². The molecule has 1 aliphatic carbocycles. The van der Waals surface area contributed by atoms with Crippen LogP contribution in [0, 0.1) is 0 Å². The molecule has 2 heterocycles. The molecule has 25 heteroatoms. The summed E-state index contributed by atoms with van der Waals surface area (Å²) in [5.41, 5.74) is 0. The van der Waals surface area contributed by atoms with Crippen LogP contribution >= 0.6 is 7.82 Å². The van der Waals surface area contributed by atoms with Gasteiger partial charge in [0.2, 0.25) is 0 Å². The zero-order chi connectivity index (χ0) is 67.5. The van der Waals surface area contributed by atoms with Gasteiger partial charge in [-0.05, 0) is 19.3 Å². The molecule has 542 valence electrons. The lowest BCUT2D eigenvalue weighted by molar-refractivity contribution is -0.360. The summed E-state index contributed by atoms with van der Waals surface area (Å²) in [4.78, 5) is 50.8. The third-order valence-electron chi connectivity index (χ3n) is 17.9. The van der Waals surface area contributed by atoms with Crippen molar-refractivity contribution < 1.29 is 117 Å². The van der Waals surface area contributed by atoms with Crippen LogP contribution in [-0.4, -0.2) is 204 Å². The summed E-state index contributed by atoms with van der Waals surface area (Å²) in [5, 5.41) is 110. The molecular formula is C67H125O24P. The molecule has 0 aromatic heterocycles. The molecule has 0 amide bonds. The molecule has 24 nitrogen and oxygen atoms in total. The number of phosphoric ester groups is 1. The fourth-order valence-corrected chi connectivity index (χ4v) is 13.0. The number of hydrogen-bond donors (Lipinski definition) is 11. The predicted molar refractivity (Wildman–Crippen MR) is 342 cm³/mol. The molecule has 0 aromatic rings. The SMILES string of the molecule is CCCCCCCCCCCCCCCCCC(=O)OC(COC(=O)CCCCCCCCCCCCC)COP(=O)(O)OC1C(OC2OC(CO)C(O)C(O)C2O)C(O)C(O)C(O)C1OC1OC(COC(=O)CCCCCCCCCCCCC)C(O)C(O)C1O. The third kappa shape index (κ3) is 34.0. The molecule has 18 unspecified atom stereocenters. The molecule has 11 N–H and O–H groups in total.